The van der Waals surface area contributed by atoms with Crippen LogP contribution in [0.25, 0.3) is 0 Å². The predicted molar refractivity (Wildman–Crippen MR) is 67.9 cm³/mol. The van der Waals surface area contributed by atoms with E-state index in [0.29, 0.717) is 13.1 Å². The molecular formula is C10H20NO5PS. The summed E-state index contributed by atoms with van der Waals surface area (Å²) in [7, 11) is -7.13. The van der Waals surface area contributed by atoms with Gasteiger partial charge in [-0.25, -0.2) is 12.7 Å². The van der Waals surface area contributed by atoms with Crippen molar-refractivity contribution in [2.24, 2.45) is 5.92 Å². The summed E-state index contributed by atoms with van der Waals surface area (Å²) >= 11 is 0. The number of piperidine rings is 1. The standard InChI is InChI=1S/C10H20NO5PS/c1-3-15-17(12,16-4-2)10-9-5-7-11(8-6-9)18(10,13)14/h9-10H,3-8H2,1-2H3. The second kappa shape index (κ2) is 5.21. The van der Waals surface area contributed by atoms with Gasteiger partial charge in [-0.3, -0.25) is 4.57 Å². The van der Waals surface area contributed by atoms with E-state index >= 15 is 0 Å². The molecule has 1 unspecified atom stereocenters. The monoisotopic (exact) mass is 297 g/mol. The molecule has 6 nitrogen and oxygen atoms in total. The smallest absolute Gasteiger partial charge is 0.308 e. The fourth-order valence-corrected chi connectivity index (χ4v) is 8.53. The van der Waals surface area contributed by atoms with E-state index in [0.717, 1.165) is 12.8 Å². The molecule has 3 heterocycles. The van der Waals surface area contributed by atoms with Crippen LogP contribution >= 0.6 is 7.60 Å². The van der Waals surface area contributed by atoms with Gasteiger partial charge in [0.2, 0.25) is 10.0 Å². The Morgan fingerprint density at radius 2 is 1.67 bits per heavy atom. The van der Waals surface area contributed by atoms with Crippen molar-refractivity contribution in [3.05, 3.63) is 0 Å². The molecule has 2 bridgehead atoms. The van der Waals surface area contributed by atoms with Crippen LogP contribution in [0.4, 0.5) is 0 Å². The van der Waals surface area contributed by atoms with Crippen molar-refractivity contribution < 1.29 is 22.0 Å². The lowest BCUT2D eigenvalue weighted by Crippen LogP contribution is -2.54. The Morgan fingerprint density at radius 1 is 1.17 bits per heavy atom. The fraction of sp³-hybridized carbons (Fsp3) is 1.00. The van der Waals surface area contributed by atoms with Gasteiger partial charge in [-0.05, 0) is 32.6 Å². The van der Waals surface area contributed by atoms with Crippen LogP contribution in [0.1, 0.15) is 26.7 Å². The first-order valence-corrected chi connectivity index (χ1v) is 9.45. The van der Waals surface area contributed by atoms with Gasteiger partial charge in [-0.15, -0.1) is 0 Å². The summed E-state index contributed by atoms with van der Waals surface area (Å²) in [5.41, 5.74) is 0. The van der Waals surface area contributed by atoms with Crippen LogP contribution < -0.4 is 0 Å². The predicted octanol–water partition coefficient (Wildman–Crippen LogP) is 1.63. The molecule has 3 saturated heterocycles. The molecule has 8 heteroatoms. The maximum Gasteiger partial charge on any atom is 0.350 e. The number of rotatable bonds is 5. The summed E-state index contributed by atoms with van der Waals surface area (Å²) in [6.07, 6.45) is 1.49. The minimum absolute atomic E-state index is 0.107. The van der Waals surface area contributed by atoms with Crippen LogP contribution in [0.3, 0.4) is 0 Å². The van der Waals surface area contributed by atoms with Crippen molar-refractivity contribution in [1.29, 1.82) is 0 Å². The number of nitrogens with zero attached hydrogens (tertiary/aromatic N) is 1. The van der Waals surface area contributed by atoms with E-state index in [4.69, 9.17) is 9.05 Å². The van der Waals surface area contributed by atoms with Gasteiger partial charge in [0, 0.05) is 13.1 Å². The Bertz CT molecular complexity index is 433. The van der Waals surface area contributed by atoms with E-state index in [-0.39, 0.29) is 19.1 Å². The molecule has 0 N–H and O–H groups in total. The molecule has 0 saturated carbocycles. The highest BCUT2D eigenvalue weighted by molar-refractivity contribution is 7.96. The normalized spacial score (nSPS) is 34.7. The summed E-state index contributed by atoms with van der Waals surface area (Å²) in [5, 5.41) is 0. The minimum Gasteiger partial charge on any atom is -0.308 e. The van der Waals surface area contributed by atoms with Gasteiger partial charge in [-0.2, -0.15) is 0 Å². The van der Waals surface area contributed by atoms with Gasteiger partial charge in [-0.1, -0.05) is 0 Å². The Kier molecular flexibility index (Phi) is 4.19. The summed E-state index contributed by atoms with van der Waals surface area (Å²) in [5.74, 6) is -0.107. The highest BCUT2D eigenvalue weighted by atomic mass is 32.2. The van der Waals surface area contributed by atoms with Crippen LogP contribution in [-0.4, -0.2) is 44.0 Å². The zero-order chi connectivity index (χ0) is 13.4. The molecule has 0 aromatic rings. The third-order valence-electron chi connectivity index (χ3n) is 3.50. The maximum absolute atomic E-state index is 12.7. The van der Waals surface area contributed by atoms with Crippen molar-refractivity contribution >= 4 is 17.6 Å². The van der Waals surface area contributed by atoms with E-state index in [9.17, 15) is 13.0 Å². The molecule has 18 heavy (non-hydrogen) atoms. The Morgan fingerprint density at radius 3 is 2.06 bits per heavy atom. The van der Waals surface area contributed by atoms with Crippen LogP contribution in [0.5, 0.6) is 0 Å². The molecule has 3 aliphatic heterocycles. The molecule has 0 amide bonds. The Balaban J connectivity index is 2.37. The molecule has 0 aliphatic carbocycles. The minimum atomic E-state index is -3.59. The Hall–Kier alpha value is 0.0600. The topological polar surface area (TPSA) is 72.9 Å². The van der Waals surface area contributed by atoms with E-state index in [2.05, 4.69) is 0 Å². The van der Waals surface area contributed by atoms with Gasteiger partial charge >= 0.3 is 7.60 Å². The summed E-state index contributed by atoms with van der Waals surface area (Å²) in [4.78, 5) is -1.01. The summed E-state index contributed by atoms with van der Waals surface area (Å²) in [6.45, 7) is 4.83. The first-order chi connectivity index (χ1) is 8.45. The highest BCUT2D eigenvalue weighted by Gasteiger charge is 2.56. The average Bonchev–Trinajstić information content (AvgIpc) is 2.29. The van der Waals surface area contributed by atoms with Crippen molar-refractivity contribution in [1.82, 2.24) is 4.31 Å². The third kappa shape index (κ3) is 2.27. The molecule has 0 aromatic carbocycles. The summed E-state index contributed by atoms with van der Waals surface area (Å²) in [6, 6.07) is 0. The first kappa shape index (κ1) is 14.5. The highest BCUT2D eigenvalue weighted by Crippen LogP contribution is 2.61. The lowest BCUT2D eigenvalue weighted by atomic mass is 10.00. The third-order valence-corrected chi connectivity index (χ3v) is 9.43. The molecule has 106 valence electrons. The zero-order valence-electron chi connectivity index (χ0n) is 10.7. The van der Waals surface area contributed by atoms with Crippen molar-refractivity contribution in [2.75, 3.05) is 26.3 Å². The van der Waals surface area contributed by atoms with Crippen molar-refractivity contribution in [3.63, 3.8) is 0 Å². The van der Waals surface area contributed by atoms with Crippen molar-refractivity contribution in [2.45, 2.75) is 31.7 Å². The van der Waals surface area contributed by atoms with Gasteiger partial charge < -0.3 is 9.05 Å². The number of sulfonamides is 1. The van der Waals surface area contributed by atoms with E-state index in [1.165, 1.54) is 4.31 Å². The molecule has 0 radical (unpaired) electrons. The Labute approximate surface area is 108 Å². The fourth-order valence-electron chi connectivity index (χ4n) is 2.78. The molecular weight excluding hydrogens is 277 g/mol. The van der Waals surface area contributed by atoms with Crippen LogP contribution in [0.2, 0.25) is 0 Å². The van der Waals surface area contributed by atoms with E-state index < -0.39 is 22.6 Å². The van der Waals surface area contributed by atoms with Crippen molar-refractivity contribution in [3.8, 4) is 0 Å². The number of fused-ring (bicyclic) bond motifs is 3. The first-order valence-electron chi connectivity index (χ1n) is 6.33. The largest absolute Gasteiger partial charge is 0.350 e. The number of hydrogen-bond acceptors (Lipinski definition) is 5. The van der Waals surface area contributed by atoms with Crippen LogP contribution in [-0.2, 0) is 23.6 Å². The second-order valence-electron chi connectivity index (χ2n) is 4.55. The van der Waals surface area contributed by atoms with Gasteiger partial charge in [0.15, 0.2) is 4.99 Å². The number of hydrogen-bond donors (Lipinski definition) is 0. The molecule has 0 aromatic heterocycles. The molecule has 3 rings (SSSR count). The van der Waals surface area contributed by atoms with Crippen LogP contribution in [0.15, 0.2) is 0 Å². The van der Waals surface area contributed by atoms with Gasteiger partial charge in [0.05, 0.1) is 13.2 Å². The van der Waals surface area contributed by atoms with Crippen LogP contribution in [0, 0.1) is 5.92 Å². The lowest BCUT2D eigenvalue weighted by Gasteiger charge is -2.45. The SMILES string of the molecule is CCOP(=O)(OCC)C1C2CCN(CC2)S1(=O)=O. The molecule has 1 atom stereocenters. The second-order valence-corrected chi connectivity index (χ2v) is 9.10. The van der Waals surface area contributed by atoms with E-state index in [1.807, 2.05) is 0 Å². The summed E-state index contributed by atoms with van der Waals surface area (Å²) < 4.78 is 49.3. The van der Waals surface area contributed by atoms with E-state index in [1.54, 1.807) is 13.8 Å². The quantitative estimate of drug-likeness (QED) is 0.721. The average molecular weight is 297 g/mol. The zero-order valence-corrected chi connectivity index (χ0v) is 12.5. The van der Waals surface area contributed by atoms with Gasteiger partial charge in [0.25, 0.3) is 0 Å². The lowest BCUT2D eigenvalue weighted by molar-refractivity contribution is 0.186. The molecule has 3 fully saturated rings. The van der Waals surface area contributed by atoms with Gasteiger partial charge in [0.1, 0.15) is 0 Å². The maximum atomic E-state index is 12.7. The molecule has 0 spiro atoms. The molecule has 3 aliphatic rings.